The van der Waals surface area contributed by atoms with Crippen LogP contribution < -0.4 is 4.74 Å². The highest BCUT2D eigenvalue weighted by molar-refractivity contribution is 5.71. The third-order valence-corrected chi connectivity index (χ3v) is 7.11. The fourth-order valence-corrected chi connectivity index (χ4v) is 4.76. The van der Waals surface area contributed by atoms with Crippen LogP contribution in [0.1, 0.15) is 24.5 Å². The molecule has 1 nitrogen and oxygen atoms in total. The van der Waals surface area contributed by atoms with Gasteiger partial charge in [0.15, 0.2) is 17.5 Å². The zero-order chi connectivity index (χ0) is 31.4. The van der Waals surface area contributed by atoms with Gasteiger partial charge in [0.25, 0.3) is 0 Å². The Morgan fingerprint density at radius 3 is 1.75 bits per heavy atom. The minimum Gasteiger partial charge on any atom is -0.429 e. The quantitative estimate of drug-likeness (QED) is 0.0922. The van der Waals surface area contributed by atoms with Crippen molar-refractivity contribution in [2.75, 3.05) is 0 Å². The topological polar surface area (TPSA) is 9.23 Å². The normalized spacial score (nSPS) is 11.7. The molecule has 0 aliphatic heterocycles. The molecule has 0 heterocycles. The van der Waals surface area contributed by atoms with Crippen LogP contribution in [0.3, 0.4) is 0 Å². The summed E-state index contributed by atoms with van der Waals surface area (Å²) in [6.07, 6.45) is 2.04. The first-order valence-electron chi connectivity index (χ1n) is 13.7. The van der Waals surface area contributed by atoms with E-state index in [0.717, 1.165) is 42.7 Å². The molecule has 5 aromatic carbocycles. The highest BCUT2D eigenvalue weighted by atomic mass is 19.3. The van der Waals surface area contributed by atoms with Gasteiger partial charge in [-0.05, 0) is 90.0 Å². The summed E-state index contributed by atoms with van der Waals surface area (Å²) in [4.78, 5) is 0. The zero-order valence-corrected chi connectivity index (χ0v) is 23.4. The number of ether oxygens (including phenoxy) is 1. The van der Waals surface area contributed by atoms with Gasteiger partial charge < -0.3 is 4.74 Å². The molecule has 0 fully saturated rings. The fourth-order valence-electron chi connectivity index (χ4n) is 4.76. The number of rotatable bonds is 9. The summed E-state index contributed by atoms with van der Waals surface area (Å²) in [5, 5.41) is 0. The Hall–Kier alpha value is -4.85. The second kappa shape index (κ2) is 12.8. The van der Waals surface area contributed by atoms with Gasteiger partial charge in [-0.2, -0.15) is 8.78 Å². The van der Waals surface area contributed by atoms with E-state index in [1.54, 1.807) is 12.1 Å². The Kier molecular flexibility index (Phi) is 8.90. The molecule has 5 aromatic rings. The van der Waals surface area contributed by atoms with Crippen LogP contribution in [0, 0.1) is 29.1 Å². The molecule has 0 aliphatic rings. The Morgan fingerprint density at radius 1 is 0.591 bits per heavy atom. The summed E-state index contributed by atoms with van der Waals surface area (Å²) < 4.78 is 105. The number of aryl methyl sites for hydroxylation is 1. The van der Waals surface area contributed by atoms with Crippen molar-refractivity contribution >= 4 is 0 Å². The molecule has 0 saturated heterocycles. The molecule has 44 heavy (non-hydrogen) atoms. The third kappa shape index (κ3) is 6.70. The number of hydrogen-bond acceptors (Lipinski definition) is 1. The standard InChI is InChI=1S/C36H25F7O/c1-2-3-4-5-22-6-8-23(9-7-22)25-12-16-29(31(37)18-25)24-10-13-27(14-11-24)36(42,43)44-28-15-17-30(32(38)21-28)26-19-33(39)35(41)34(40)20-26/h2-3,6-21H,4-5H2,1H3. The molecule has 0 amide bonds. The van der Waals surface area contributed by atoms with Crippen LogP contribution in [0.25, 0.3) is 33.4 Å². The predicted octanol–water partition coefficient (Wildman–Crippen LogP) is 11.0. The molecule has 224 valence electrons. The summed E-state index contributed by atoms with van der Waals surface area (Å²) >= 11 is 0. The van der Waals surface area contributed by atoms with Crippen molar-refractivity contribution in [1.29, 1.82) is 0 Å². The van der Waals surface area contributed by atoms with E-state index in [1.807, 2.05) is 37.3 Å². The van der Waals surface area contributed by atoms with Gasteiger partial charge in [-0.3, -0.25) is 0 Å². The van der Waals surface area contributed by atoms with Crippen LogP contribution in [0.4, 0.5) is 30.7 Å². The molecule has 0 radical (unpaired) electrons. The second-order valence-electron chi connectivity index (χ2n) is 10.1. The van der Waals surface area contributed by atoms with Crippen LogP contribution in [-0.2, 0) is 12.5 Å². The first-order valence-corrected chi connectivity index (χ1v) is 13.7. The van der Waals surface area contributed by atoms with E-state index in [0.29, 0.717) is 29.3 Å². The lowest BCUT2D eigenvalue weighted by Crippen LogP contribution is -2.21. The van der Waals surface area contributed by atoms with E-state index >= 15 is 4.39 Å². The first kappa shape index (κ1) is 30.6. The summed E-state index contributed by atoms with van der Waals surface area (Å²) in [5.74, 6) is -6.95. The maximum absolute atomic E-state index is 15.1. The lowest BCUT2D eigenvalue weighted by atomic mass is 9.97. The predicted molar refractivity (Wildman–Crippen MR) is 157 cm³/mol. The van der Waals surface area contributed by atoms with Crippen molar-refractivity contribution in [3.63, 3.8) is 0 Å². The molecular weight excluding hydrogens is 581 g/mol. The molecule has 8 heteroatoms. The van der Waals surface area contributed by atoms with Crippen molar-refractivity contribution in [2.24, 2.45) is 0 Å². The second-order valence-corrected chi connectivity index (χ2v) is 10.1. The smallest absolute Gasteiger partial charge is 0.426 e. The zero-order valence-electron chi connectivity index (χ0n) is 23.4. The largest absolute Gasteiger partial charge is 0.429 e. The SMILES string of the molecule is CC=CCCc1ccc(-c2ccc(-c3ccc(C(F)(F)Oc4ccc(-c5cc(F)c(F)c(F)c5)c(F)c4)cc3)c(F)c2)cc1. The van der Waals surface area contributed by atoms with Gasteiger partial charge in [-0.15, -0.1) is 0 Å². The van der Waals surface area contributed by atoms with Gasteiger partial charge >= 0.3 is 6.11 Å². The van der Waals surface area contributed by atoms with Gasteiger partial charge in [-0.25, -0.2) is 22.0 Å². The fraction of sp³-hybridized carbons (Fsp3) is 0.111. The molecule has 0 spiro atoms. The third-order valence-electron chi connectivity index (χ3n) is 7.11. The van der Waals surface area contributed by atoms with Crippen molar-refractivity contribution in [1.82, 2.24) is 0 Å². The molecule has 0 saturated carbocycles. The molecule has 0 aromatic heterocycles. The highest BCUT2D eigenvalue weighted by Crippen LogP contribution is 2.36. The lowest BCUT2D eigenvalue weighted by Gasteiger charge is -2.19. The number of hydrogen-bond donors (Lipinski definition) is 0. The number of benzene rings is 5. The van der Waals surface area contributed by atoms with Gasteiger partial charge in [-0.1, -0.05) is 60.7 Å². The number of halogens is 7. The van der Waals surface area contributed by atoms with Gasteiger partial charge in [0.2, 0.25) is 0 Å². The maximum Gasteiger partial charge on any atom is 0.426 e. The maximum atomic E-state index is 15.1. The minimum atomic E-state index is -3.90. The van der Waals surface area contributed by atoms with Crippen LogP contribution in [-0.4, -0.2) is 0 Å². The van der Waals surface area contributed by atoms with Crippen molar-refractivity contribution in [3.8, 4) is 39.1 Å². The molecule has 0 bridgehead atoms. The Balaban J connectivity index is 1.29. The summed E-state index contributed by atoms with van der Waals surface area (Å²) in [6, 6.07) is 21.2. The van der Waals surface area contributed by atoms with Crippen LogP contribution in [0.5, 0.6) is 5.75 Å². The minimum absolute atomic E-state index is 0.221. The summed E-state index contributed by atoms with van der Waals surface area (Å²) in [6.45, 7) is 1.97. The van der Waals surface area contributed by atoms with Crippen LogP contribution in [0.2, 0.25) is 0 Å². The number of allylic oxidation sites excluding steroid dienone is 2. The first-order chi connectivity index (χ1) is 21.1. The van der Waals surface area contributed by atoms with E-state index < -0.39 is 46.5 Å². The molecule has 0 unspecified atom stereocenters. The average Bonchev–Trinajstić information content (AvgIpc) is 3.00. The lowest BCUT2D eigenvalue weighted by molar-refractivity contribution is -0.185. The Labute approximate surface area is 249 Å². The van der Waals surface area contributed by atoms with Crippen molar-refractivity contribution in [3.05, 3.63) is 149 Å². The van der Waals surface area contributed by atoms with E-state index in [4.69, 9.17) is 4.74 Å². The van der Waals surface area contributed by atoms with Gasteiger partial charge in [0.05, 0.1) is 5.56 Å². The van der Waals surface area contributed by atoms with Crippen molar-refractivity contribution < 1.29 is 35.5 Å². The van der Waals surface area contributed by atoms with Crippen LogP contribution >= 0.6 is 0 Å². The Bertz CT molecular complexity index is 1790. The van der Waals surface area contributed by atoms with Gasteiger partial charge in [0, 0.05) is 17.2 Å². The monoisotopic (exact) mass is 606 g/mol. The van der Waals surface area contributed by atoms with E-state index in [2.05, 4.69) is 6.08 Å². The molecule has 0 atom stereocenters. The Morgan fingerprint density at radius 2 is 1.14 bits per heavy atom. The van der Waals surface area contributed by atoms with Crippen LogP contribution in [0.15, 0.2) is 109 Å². The van der Waals surface area contributed by atoms with Gasteiger partial charge in [0.1, 0.15) is 17.4 Å². The summed E-state index contributed by atoms with van der Waals surface area (Å²) in [7, 11) is 0. The molecule has 0 N–H and O–H groups in total. The summed E-state index contributed by atoms with van der Waals surface area (Å²) in [5.41, 5.74) is 2.05. The molecule has 0 aliphatic carbocycles. The average molecular weight is 607 g/mol. The molecule has 5 rings (SSSR count). The number of alkyl halides is 2. The van der Waals surface area contributed by atoms with Crippen molar-refractivity contribution in [2.45, 2.75) is 25.9 Å². The highest BCUT2D eigenvalue weighted by Gasteiger charge is 2.35. The van der Waals surface area contributed by atoms with E-state index in [-0.39, 0.29) is 16.7 Å². The van der Waals surface area contributed by atoms with E-state index in [1.165, 1.54) is 23.8 Å². The van der Waals surface area contributed by atoms with E-state index in [9.17, 15) is 26.3 Å². The molecular formula is C36H25F7O.